The molecule has 5 nitrogen and oxygen atoms in total. The van der Waals surface area contributed by atoms with Gasteiger partial charge in [-0.2, -0.15) is 0 Å². The third-order valence-electron chi connectivity index (χ3n) is 4.07. The minimum Gasteiger partial charge on any atom is -0.497 e. The van der Waals surface area contributed by atoms with Crippen LogP contribution in [-0.2, 0) is 16.0 Å². The number of carboxylic acids is 1. The lowest BCUT2D eigenvalue weighted by Crippen LogP contribution is -2.47. The average Bonchev–Trinajstić information content (AvgIpc) is 2.48. The van der Waals surface area contributed by atoms with E-state index >= 15 is 0 Å². The number of carbonyl (C=O) groups excluding carboxylic acids is 1. The number of aliphatic carboxylic acids is 1. The molecule has 0 spiro atoms. The van der Waals surface area contributed by atoms with Gasteiger partial charge in [-0.3, -0.25) is 9.59 Å². The summed E-state index contributed by atoms with van der Waals surface area (Å²) in [5.74, 6) is -0.521. The molecule has 1 amide bonds. The first-order chi connectivity index (χ1) is 10.0. The highest BCUT2D eigenvalue weighted by molar-refractivity contribution is 5.80. The molecule has 21 heavy (non-hydrogen) atoms. The Balaban J connectivity index is 2.01. The van der Waals surface area contributed by atoms with Gasteiger partial charge in [0.1, 0.15) is 5.75 Å². The van der Waals surface area contributed by atoms with Crippen LogP contribution >= 0.6 is 0 Å². The van der Waals surface area contributed by atoms with E-state index in [-0.39, 0.29) is 11.9 Å². The molecule has 1 N–H and O–H groups in total. The van der Waals surface area contributed by atoms with Gasteiger partial charge in [-0.25, -0.2) is 0 Å². The summed E-state index contributed by atoms with van der Waals surface area (Å²) >= 11 is 0. The van der Waals surface area contributed by atoms with Crippen molar-refractivity contribution >= 4 is 11.9 Å². The van der Waals surface area contributed by atoms with Crippen molar-refractivity contribution in [3.63, 3.8) is 0 Å². The fourth-order valence-corrected chi connectivity index (χ4v) is 2.68. The van der Waals surface area contributed by atoms with E-state index in [4.69, 9.17) is 9.84 Å². The van der Waals surface area contributed by atoms with Gasteiger partial charge in [-0.05, 0) is 37.5 Å². The molecule has 1 fully saturated rings. The van der Waals surface area contributed by atoms with E-state index in [1.807, 2.05) is 31.2 Å². The van der Waals surface area contributed by atoms with Gasteiger partial charge < -0.3 is 14.7 Å². The van der Waals surface area contributed by atoms with Crippen molar-refractivity contribution < 1.29 is 19.4 Å². The van der Waals surface area contributed by atoms with E-state index in [0.29, 0.717) is 19.4 Å². The Morgan fingerprint density at radius 3 is 2.52 bits per heavy atom. The molecular weight excluding hydrogens is 270 g/mol. The normalized spacial score (nSPS) is 21.9. The van der Waals surface area contributed by atoms with Crippen LogP contribution in [0.25, 0.3) is 0 Å². The maximum absolute atomic E-state index is 12.4. The van der Waals surface area contributed by atoms with Crippen LogP contribution < -0.4 is 4.74 Å². The Morgan fingerprint density at radius 2 is 1.95 bits per heavy atom. The number of likely N-dealkylation sites (tertiary alicyclic amines) is 1. The Labute approximate surface area is 124 Å². The molecule has 2 atom stereocenters. The number of hydrogen-bond donors (Lipinski definition) is 1. The van der Waals surface area contributed by atoms with Crippen molar-refractivity contribution in [3.05, 3.63) is 29.8 Å². The van der Waals surface area contributed by atoms with Crippen LogP contribution in [-0.4, -0.2) is 41.6 Å². The van der Waals surface area contributed by atoms with Gasteiger partial charge in [0.15, 0.2) is 0 Å². The van der Waals surface area contributed by atoms with E-state index in [2.05, 4.69) is 0 Å². The van der Waals surface area contributed by atoms with Crippen LogP contribution in [0.15, 0.2) is 24.3 Å². The standard InChI is InChI=1S/C16H21NO4/c1-11-3-6-13(16(19)20)10-17(11)15(18)9-12-4-7-14(21-2)8-5-12/h4-5,7-8,11,13H,3,6,9-10H2,1-2H3,(H,19,20)/t11-,13+/m1/s1. The third kappa shape index (κ3) is 3.74. The largest absolute Gasteiger partial charge is 0.497 e. The van der Waals surface area contributed by atoms with Crippen molar-refractivity contribution in [2.24, 2.45) is 5.92 Å². The summed E-state index contributed by atoms with van der Waals surface area (Å²) < 4.78 is 5.09. The molecule has 114 valence electrons. The smallest absolute Gasteiger partial charge is 0.308 e. The predicted octanol–water partition coefficient (Wildman–Crippen LogP) is 1.95. The number of rotatable bonds is 4. The highest BCUT2D eigenvalue weighted by atomic mass is 16.5. The SMILES string of the molecule is COc1ccc(CC(=O)N2C[C@@H](C(=O)O)CC[C@H]2C)cc1. The maximum atomic E-state index is 12.4. The van der Waals surface area contributed by atoms with Gasteiger partial charge in [0.25, 0.3) is 0 Å². The molecule has 1 aliphatic rings. The first-order valence-electron chi connectivity index (χ1n) is 7.16. The molecule has 1 aromatic carbocycles. The van der Waals surface area contributed by atoms with Gasteiger partial charge >= 0.3 is 5.97 Å². The summed E-state index contributed by atoms with van der Waals surface area (Å²) in [5, 5.41) is 9.12. The minimum absolute atomic E-state index is 0.0152. The number of nitrogens with zero attached hydrogens (tertiary/aromatic N) is 1. The summed E-state index contributed by atoms with van der Waals surface area (Å²) in [6.07, 6.45) is 1.68. The summed E-state index contributed by atoms with van der Waals surface area (Å²) in [4.78, 5) is 25.2. The minimum atomic E-state index is -0.816. The number of carbonyl (C=O) groups is 2. The Hall–Kier alpha value is -2.04. The molecule has 1 aliphatic heterocycles. The molecule has 1 heterocycles. The monoisotopic (exact) mass is 291 g/mol. The third-order valence-corrected chi connectivity index (χ3v) is 4.07. The van der Waals surface area contributed by atoms with Crippen molar-refractivity contribution in [2.45, 2.75) is 32.2 Å². The maximum Gasteiger partial charge on any atom is 0.308 e. The summed E-state index contributed by atoms with van der Waals surface area (Å²) in [6, 6.07) is 7.47. The number of amides is 1. The number of benzene rings is 1. The van der Waals surface area contributed by atoms with Crippen molar-refractivity contribution in [1.29, 1.82) is 0 Å². The molecule has 0 saturated carbocycles. The zero-order valence-corrected chi connectivity index (χ0v) is 12.4. The highest BCUT2D eigenvalue weighted by Gasteiger charge is 2.32. The van der Waals surface area contributed by atoms with E-state index in [0.717, 1.165) is 17.7 Å². The summed E-state index contributed by atoms with van der Waals surface area (Å²) in [7, 11) is 1.60. The fourth-order valence-electron chi connectivity index (χ4n) is 2.68. The average molecular weight is 291 g/mol. The molecule has 0 aliphatic carbocycles. The second-order valence-corrected chi connectivity index (χ2v) is 5.53. The zero-order valence-electron chi connectivity index (χ0n) is 12.4. The van der Waals surface area contributed by atoms with E-state index in [9.17, 15) is 9.59 Å². The Bertz CT molecular complexity index is 512. The lowest BCUT2D eigenvalue weighted by molar-refractivity contribution is -0.146. The van der Waals surface area contributed by atoms with Crippen LogP contribution in [0.1, 0.15) is 25.3 Å². The predicted molar refractivity (Wildman–Crippen MR) is 78.2 cm³/mol. The van der Waals surface area contributed by atoms with E-state index in [1.54, 1.807) is 12.0 Å². The quantitative estimate of drug-likeness (QED) is 0.920. The Kier molecular flexibility index (Phi) is 4.83. The highest BCUT2D eigenvalue weighted by Crippen LogP contribution is 2.23. The molecule has 1 aromatic rings. The molecule has 1 saturated heterocycles. The first-order valence-corrected chi connectivity index (χ1v) is 7.16. The Morgan fingerprint density at radius 1 is 1.29 bits per heavy atom. The van der Waals surface area contributed by atoms with Crippen LogP contribution in [0, 0.1) is 5.92 Å². The first kappa shape index (κ1) is 15.4. The molecule has 5 heteroatoms. The zero-order chi connectivity index (χ0) is 15.4. The van der Waals surface area contributed by atoms with Crippen LogP contribution in [0.2, 0.25) is 0 Å². The number of ether oxygens (including phenoxy) is 1. The van der Waals surface area contributed by atoms with Crippen molar-refractivity contribution in [3.8, 4) is 5.75 Å². The molecule has 0 radical (unpaired) electrons. The molecule has 2 rings (SSSR count). The van der Waals surface area contributed by atoms with E-state index < -0.39 is 11.9 Å². The lowest BCUT2D eigenvalue weighted by atomic mass is 9.93. The summed E-state index contributed by atoms with van der Waals surface area (Å²) in [6.45, 7) is 2.29. The van der Waals surface area contributed by atoms with Crippen LogP contribution in [0.5, 0.6) is 5.75 Å². The number of piperidine rings is 1. The summed E-state index contributed by atoms with van der Waals surface area (Å²) in [5.41, 5.74) is 0.908. The molecule has 0 aromatic heterocycles. The molecule has 0 unspecified atom stereocenters. The second-order valence-electron chi connectivity index (χ2n) is 5.53. The molecular formula is C16H21NO4. The van der Waals surface area contributed by atoms with Gasteiger partial charge in [-0.15, -0.1) is 0 Å². The van der Waals surface area contributed by atoms with Gasteiger partial charge in [0.2, 0.25) is 5.91 Å². The van der Waals surface area contributed by atoms with Crippen molar-refractivity contribution in [2.75, 3.05) is 13.7 Å². The lowest BCUT2D eigenvalue weighted by Gasteiger charge is -2.36. The molecule has 0 bridgehead atoms. The fraction of sp³-hybridized carbons (Fsp3) is 0.500. The number of methoxy groups -OCH3 is 1. The topological polar surface area (TPSA) is 66.8 Å². The van der Waals surface area contributed by atoms with Gasteiger partial charge in [0, 0.05) is 12.6 Å². The number of hydrogen-bond acceptors (Lipinski definition) is 3. The van der Waals surface area contributed by atoms with Gasteiger partial charge in [0.05, 0.1) is 19.4 Å². The second kappa shape index (κ2) is 6.61. The van der Waals surface area contributed by atoms with E-state index in [1.165, 1.54) is 0 Å². The van der Waals surface area contributed by atoms with Gasteiger partial charge in [-0.1, -0.05) is 12.1 Å². The van der Waals surface area contributed by atoms with Crippen LogP contribution in [0.4, 0.5) is 0 Å². The number of carboxylic acid groups (broad SMARTS) is 1. The van der Waals surface area contributed by atoms with Crippen LogP contribution in [0.3, 0.4) is 0 Å². The van der Waals surface area contributed by atoms with Crippen molar-refractivity contribution in [1.82, 2.24) is 4.90 Å².